The molecule has 0 N–H and O–H groups in total. The Hall–Kier alpha value is -2.01. The smallest absolute Gasteiger partial charge is 0.105 e. The summed E-state index contributed by atoms with van der Waals surface area (Å²) >= 11 is 1.36. The Morgan fingerprint density at radius 2 is 1.79 bits per heavy atom. The molecule has 1 aromatic carbocycles. The van der Waals surface area contributed by atoms with Gasteiger partial charge in [0.2, 0.25) is 0 Å². The maximum absolute atomic E-state index is 4.56. The van der Waals surface area contributed by atoms with Crippen LogP contribution in [0.15, 0.2) is 29.6 Å². The summed E-state index contributed by atoms with van der Waals surface area (Å²) in [6, 6.07) is 8.23. The van der Waals surface area contributed by atoms with Gasteiger partial charge < -0.3 is 0 Å². The van der Waals surface area contributed by atoms with Gasteiger partial charge in [0, 0.05) is 16.6 Å². The van der Waals surface area contributed by atoms with E-state index in [4.69, 9.17) is 0 Å². The van der Waals surface area contributed by atoms with Crippen molar-refractivity contribution in [2.24, 2.45) is 0 Å². The summed E-state index contributed by atoms with van der Waals surface area (Å²) in [4.78, 5) is 0. The fourth-order valence-corrected chi connectivity index (χ4v) is 2.50. The van der Waals surface area contributed by atoms with Crippen LogP contribution < -0.4 is 0 Å². The molecule has 0 saturated carbocycles. The van der Waals surface area contributed by atoms with Crippen LogP contribution in [-0.4, -0.2) is 19.4 Å². The molecule has 3 rings (SSSR count). The van der Waals surface area contributed by atoms with E-state index in [2.05, 4.69) is 52.8 Å². The highest BCUT2D eigenvalue weighted by Crippen LogP contribution is 2.21. The number of nitrogens with zero attached hydrogens (tertiary/aromatic N) is 4. The van der Waals surface area contributed by atoms with Gasteiger partial charge in [-0.15, -0.1) is 5.10 Å². The van der Waals surface area contributed by atoms with Crippen LogP contribution in [0.4, 0.5) is 0 Å². The Kier molecular flexibility index (Phi) is 2.91. The summed E-state index contributed by atoms with van der Waals surface area (Å²) in [5.74, 6) is 0. The number of rotatable bonds is 2. The maximum atomic E-state index is 4.56. The van der Waals surface area contributed by atoms with E-state index in [-0.39, 0.29) is 0 Å². The molecular weight excluding hydrogens is 256 g/mol. The van der Waals surface area contributed by atoms with Gasteiger partial charge in [0.05, 0.1) is 11.4 Å². The van der Waals surface area contributed by atoms with Crippen LogP contribution in [0.3, 0.4) is 0 Å². The Bertz CT molecular complexity index is 696. The normalized spacial score (nSPS) is 10.9. The summed E-state index contributed by atoms with van der Waals surface area (Å²) in [5.41, 5.74) is 6.57. The van der Waals surface area contributed by atoms with Crippen LogP contribution in [-0.2, 0) is 0 Å². The molecule has 0 spiro atoms. The van der Waals surface area contributed by atoms with Crippen molar-refractivity contribution in [3.05, 3.63) is 46.6 Å². The van der Waals surface area contributed by atoms with E-state index in [0.29, 0.717) is 0 Å². The lowest BCUT2D eigenvalue weighted by molar-refractivity contribution is 0.833. The predicted octanol–water partition coefficient (Wildman–Crippen LogP) is 3.32. The second kappa shape index (κ2) is 4.59. The lowest BCUT2D eigenvalue weighted by atomic mass is 10.1. The van der Waals surface area contributed by atoms with Gasteiger partial charge in [0.1, 0.15) is 5.69 Å². The van der Waals surface area contributed by atoms with Crippen LogP contribution in [0.1, 0.15) is 17.0 Å². The third-order valence-electron chi connectivity index (χ3n) is 3.42. The summed E-state index contributed by atoms with van der Waals surface area (Å²) < 4.78 is 5.86. The summed E-state index contributed by atoms with van der Waals surface area (Å²) in [6.07, 6.45) is 0. The Morgan fingerprint density at radius 3 is 2.32 bits per heavy atom. The monoisotopic (exact) mass is 270 g/mol. The minimum Gasteiger partial charge on any atom is -0.238 e. The first-order chi connectivity index (χ1) is 9.16. The minimum absolute atomic E-state index is 0.918. The van der Waals surface area contributed by atoms with E-state index in [9.17, 15) is 0 Å². The SMILES string of the molecule is Cc1nn(-c2ccc(-c3csnn3)cc2)c(C)c1C. The molecule has 3 aromatic rings. The second-order valence-electron chi connectivity index (χ2n) is 4.54. The van der Waals surface area contributed by atoms with Gasteiger partial charge in [-0.25, -0.2) is 4.68 Å². The first-order valence-electron chi connectivity index (χ1n) is 6.07. The van der Waals surface area contributed by atoms with Gasteiger partial charge >= 0.3 is 0 Å². The molecule has 0 aliphatic heterocycles. The molecule has 0 saturated heterocycles. The Morgan fingerprint density at radius 1 is 1.05 bits per heavy atom. The van der Waals surface area contributed by atoms with Crippen molar-refractivity contribution in [1.82, 2.24) is 19.4 Å². The van der Waals surface area contributed by atoms with E-state index in [0.717, 1.165) is 22.6 Å². The first kappa shape index (κ1) is 12.0. The average molecular weight is 270 g/mol. The fourth-order valence-electron chi connectivity index (χ4n) is 2.04. The standard InChI is InChI=1S/C14H14N4S/c1-9-10(2)16-18(11(9)3)13-6-4-12(5-7-13)14-8-19-17-15-14/h4-8H,1-3H3. The van der Waals surface area contributed by atoms with Gasteiger partial charge in [-0.05, 0) is 50.0 Å². The van der Waals surface area contributed by atoms with E-state index in [1.165, 1.54) is 22.8 Å². The molecule has 0 amide bonds. The Balaban J connectivity index is 2.01. The number of hydrogen-bond donors (Lipinski definition) is 0. The summed E-state index contributed by atoms with van der Waals surface area (Å²) in [5, 5.41) is 10.6. The third kappa shape index (κ3) is 2.06. The summed E-state index contributed by atoms with van der Waals surface area (Å²) in [6.45, 7) is 6.23. The third-order valence-corrected chi connectivity index (χ3v) is 3.93. The molecule has 19 heavy (non-hydrogen) atoms. The zero-order valence-electron chi connectivity index (χ0n) is 11.1. The molecule has 5 heteroatoms. The molecule has 0 aliphatic carbocycles. The van der Waals surface area contributed by atoms with Crippen molar-refractivity contribution in [1.29, 1.82) is 0 Å². The van der Waals surface area contributed by atoms with Crippen molar-refractivity contribution in [2.75, 3.05) is 0 Å². The van der Waals surface area contributed by atoms with Crippen LogP contribution in [0.2, 0.25) is 0 Å². The van der Waals surface area contributed by atoms with Crippen LogP contribution >= 0.6 is 11.5 Å². The highest BCUT2D eigenvalue weighted by Gasteiger charge is 2.09. The number of aryl methyl sites for hydroxylation is 1. The molecule has 0 radical (unpaired) electrons. The number of aromatic nitrogens is 4. The van der Waals surface area contributed by atoms with E-state index >= 15 is 0 Å². The van der Waals surface area contributed by atoms with Crippen LogP contribution in [0.5, 0.6) is 0 Å². The molecule has 96 valence electrons. The molecule has 0 atom stereocenters. The maximum Gasteiger partial charge on any atom is 0.105 e. The lowest BCUT2D eigenvalue weighted by Gasteiger charge is -2.05. The molecule has 2 aromatic heterocycles. The first-order valence-corrected chi connectivity index (χ1v) is 6.91. The molecule has 2 heterocycles. The summed E-state index contributed by atoms with van der Waals surface area (Å²) in [7, 11) is 0. The van der Waals surface area contributed by atoms with E-state index in [1.807, 2.05) is 17.0 Å². The fraction of sp³-hybridized carbons (Fsp3) is 0.214. The second-order valence-corrected chi connectivity index (χ2v) is 5.15. The molecule has 4 nitrogen and oxygen atoms in total. The van der Waals surface area contributed by atoms with Crippen LogP contribution in [0.25, 0.3) is 16.9 Å². The topological polar surface area (TPSA) is 43.6 Å². The highest BCUT2D eigenvalue weighted by atomic mass is 32.1. The lowest BCUT2D eigenvalue weighted by Crippen LogP contribution is -1.99. The van der Waals surface area contributed by atoms with Gasteiger partial charge in [-0.1, -0.05) is 16.6 Å². The molecular formula is C14H14N4S. The zero-order chi connectivity index (χ0) is 13.4. The van der Waals surface area contributed by atoms with Crippen molar-refractivity contribution in [3.8, 4) is 16.9 Å². The van der Waals surface area contributed by atoms with E-state index < -0.39 is 0 Å². The Labute approximate surface area is 115 Å². The number of benzene rings is 1. The number of hydrogen-bond acceptors (Lipinski definition) is 4. The minimum atomic E-state index is 0.918. The molecule has 0 fully saturated rings. The largest absolute Gasteiger partial charge is 0.238 e. The van der Waals surface area contributed by atoms with Crippen molar-refractivity contribution in [3.63, 3.8) is 0 Å². The van der Waals surface area contributed by atoms with Gasteiger partial charge in [-0.2, -0.15) is 5.10 Å². The molecule has 0 unspecified atom stereocenters. The van der Waals surface area contributed by atoms with Crippen molar-refractivity contribution >= 4 is 11.5 Å². The van der Waals surface area contributed by atoms with Gasteiger partial charge in [0.25, 0.3) is 0 Å². The average Bonchev–Trinajstić information content (AvgIpc) is 3.04. The van der Waals surface area contributed by atoms with Gasteiger partial charge in [-0.3, -0.25) is 0 Å². The van der Waals surface area contributed by atoms with Crippen LogP contribution in [0, 0.1) is 20.8 Å². The molecule has 0 aliphatic rings. The van der Waals surface area contributed by atoms with Crippen molar-refractivity contribution in [2.45, 2.75) is 20.8 Å². The van der Waals surface area contributed by atoms with Gasteiger partial charge in [0.15, 0.2) is 0 Å². The molecule has 0 bridgehead atoms. The quantitative estimate of drug-likeness (QED) is 0.717. The predicted molar refractivity (Wildman–Crippen MR) is 76.7 cm³/mol. The van der Waals surface area contributed by atoms with Crippen molar-refractivity contribution < 1.29 is 0 Å². The highest BCUT2D eigenvalue weighted by molar-refractivity contribution is 7.03. The zero-order valence-corrected chi connectivity index (χ0v) is 11.9. The van der Waals surface area contributed by atoms with E-state index in [1.54, 1.807) is 0 Å².